The fraction of sp³-hybridized carbons (Fsp3) is 0.348. The molecule has 1 unspecified atom stereocenters. The third-order valence-electron chi connectivity index (χ3n) is 6.29. The molecule has 3 aromatic rings. The maximum Gasteiger partial charge on any atom is 0.347 e. The number of hydrogen-bond acceptors (Lipinski definition) is 5. The Bertz CT molecular complexity index is 1140. The van der Waals surface area contributed by atoms with E-state index in [1.807, 2.05) is 41.4 Å². The summed E-state index contributed by atoms with van der Waals surface area (Å²) in [4.78, 5) is 40.0. The Kier molecular flexibility index (Phi) is 4.65. The zero-order valence-electron chi connectivity index (χ0n) is 16.7. The van der Waals surface area contributed by atoms with Crippen LogP contribution in [0.5, 0.6) is 0 Å². The molecule has 1 saturated heterocycles. The van der Waals surface area contributed by atoms with Gasteiger partial charge in [-0.15, -0.1) is 0 Å². The minimum Gasteiger partial charge on any atom is -0.340 e. The highest BCUT2D eigenvalue weighted by Gasteiger charge is 2.44. The molecule has 7 heteroatoms. The van der Waals surface area contributed by atoms with E-state index in [1.165, 1.54) is 16.3 Å². The normalized spacial score (nSPS) is 20.3. The van der Waals surface area contributed by atoms with Crippen molar-refractivity contribution < 1.29 is 4.79 Å². The third kappa shape index (κ3) is 3.30. The van der Waals surface area contributed by atoms with Crippen molar-refractivity contribution in [1.29, 1.82) is 0 Å². The highest BCUT2D eigenvalue weighted by Crippen LogP contribution is 2.44. The molecule has 152 valence electrons. The smallest absolute Gasteiger partial charge is 0.340 e. The molecule has 2 aliphatic rings. The van der Waals surface area contributed by atoms with Crippen LogP contribution in [0.25, 0.3) is 11.4 Å². The van der Waals surface area contributed by atoms with Crippen molar-refractivity contribution in [2.75, 3.05) is 13.1 Å². The van der Waals surface area contributed by atoms with Crippen LogP contribution < -0.4 is 5.69 Å². The lowest BCUT2D eigenvalue weighted by Gasteiger charge is -2.40. The summed E-state index contributed by atoms with van der Waals surface area (Å²) in [5.74, 6) is 0.691. The van der Waals surface area contributed by atoms with Crippen LogP contribution >= 0.6 is 0 Å². The Morgan fingerprint density at radius 3 is 2.80 bits per heavy atom. The molecule has 7 nitrogen and oxygen atoms in total. The van der Waals surface area contributed by atoms with Gasteiger partial charge in [-0.2, -0.15) is 0 Å². The molecule has 2 aromatic heterocycles. The van der Waals surface area contributed by atoms with Gasteiger partial charge >= 0.3 is 5.69 Å². The van der Waals surface area contributed by atoms with Gasteiger partial charge in [0.05, 0.1) is 5.69 Å². The Hall–Kier alpha value is -3.35. The first-order chi connectivity index (χ1) is 14.6. The molecule has 0 radical (unpaired) electrons. The van der Waals surface area contributed by atoms with Crippen molar-refractivity contribution in [3.05, 3.63) is 76.7 Å². The number of aromatic nitrogens is 4. The molecule has 1 atom stereocenters. The van der Waals surface area contributed by atoms with Crippen molar-refractivity contribution in [3.8, 4) is 11.4 Å². The van der Waals surface area contributed by atoms with Gasteiger partial charge in [0, 0.05) is 42.7 Å². The molecular formula is C23H23N5O2. The standard InChI is InChI=1S/C23H23N5O2/c29-19(15-27-13-5-11-24-22(27)30)28-12-4-9-23(16-28)10-8-18-14-25-21(26-20(18)23)17-6-2-1-3-7-17/h1-3,5-7,11,13-14H,4,8-10,12,15-16H2. The van der Waals surface area contributed by atoms with E-state index in [2.05, 4.69) is 9.97 Å². The van der Waals surface area contributed by atoms with E-state index in [0.717, 1.165) is 42.8 Å². The van der Waals surface area contributed by atoms with Crippen molar-refractivity contribution in [2.45, 2.75) is 37.6 Å². The summed E-state index contributed by atoms with van der Waals surface area (Å²) in [5.41, 5.74) is 2.75. The van der Waals surface area contributed by atoms with Gasteiger partial charge in [0.1, 0.15) is 6.54 Å². The summed E-state index contributed by atoms with van der Waals surface area (Å²) in [6, 6.07) is 11.7. The first kappa shape index (κ1) is 18.7. The van der Waals surface area contributed by atoms with E-state index in [0.29, 0.717) is 13.1 Å². The van der Waals surface area contributed by atoms with Crippen LogP contribution in [0.4, 0.5) is 0 Å². The number of piperidine rings is 1. The van der Waals surface area contributed by atoms with Crippen molar-refractivity contribution in [1.82, 2.24) is 24.4 Å². The summed E-state index contributed by atoms with van der Waals surface area (Å²) in [5, 5.41) is 0. The summed E-state index contributed by atoms with van der Waals surface area (Å²) >= 11 is 0. The summed E-state index contributed by atoms with van der Waals surface area (Å²) < 4.78 is 1.36. The molecule has 5 rings (SSSR count). The van der Waals surface area contributed by atoms with Gasteiger partial charge in [-0.25, -0.2) is 19.7 Å². The lowest BCUT2D eigenvalue weighted by atomic mass is 9.77. The van der Waals surface area contributed by atoms with E-state index < -0.39 is 5.69 Å². The van der Waals surface area contributed by atoms with Gasteiger partial charge in [-0.1, -0.05) is 30.3 Å². The van der Waals surface area contributed by atoms with Crippen LogP contribution in [0.3, 0.4) is 0 Å². The van der Waals surface area contributed by atoms with Crippen molar-refractivity contribution in [3.63, 3.8) is 0 Å². The first-order valence-corrected chi connectivity index (χ1v) is 10.4. The van der Waals surface area contributed by atoms with Crippen molar-refractivity contribution >= 4 is 5.91 Å². The van der Waals surface area contributed by atoms with Crippen LogP contribution in [-0.4, -0.2) is 43.4 Å². The largest absolute Gasteiger partial charge is 0.347 e. The van der Waals surface area contributed by atoms with Crippen molar-refractivity contribution in [2.24, 2.45) is 0 Å². The van der Waals surface area contributed by atoms with E-state index >= 15 is 0 Å². The molecule has 1 aromatic carbocycles. The molecule has 1 amide bonds. The number of nitrogens with zero attached hydrogens (tertiary/aromatic N) is 5. The van der Waals surface area contributed by atoms with Crippen LogP contribution in [-0.2, 0) is 23.2 Å². The Morgan fingerprint density at radius 1 is 1.10 bits per heavy atom. The highest BCUT2D eigenvalue weighted by molar-refractivity contribution is 5.76. The lowest BCUT2D eigenvalue weighted by Crippen LogP contribution is -2.49. The van der Waals surface area contributed by atoms with Gasteiger partial charge in [-0.3, -0.25) is 9.36 Å². The number of fused-ring (bicyclic) bond motifs is 2. The minimum atomic E-state index is -0.399. The van der Waals surface area contributed by atoms with Gasteiger partial charge < -0.3 is 4.90 Å². The zero-order chi connectivity index (χ0) is 20.6. The van der Waals surface area contributed by atoms with E-state index in [1.54, 1.807) is 12.3 Å². The van der Waals surface area contributed by atoms with Crippen LogP contribution in [0.2, 0.25) is 0 Å². The fourth-order valence-corrected chi connectivity index (χ4v) is 4.76. The number of likely N-dealkylation sites (tertiary alicyclic amines) is 1. The molecule has 0 N–H and O–H groups in total. The predicted molar refractivity (Wildman–Crippen MR) is 112 cm³/mol. The van der Waals surface area contributed by atoms with Gasteiger partial charge in [0.15, 0.2) is 5.82 Å². The molecule has 0 bridgehead atoms. The Balaban J connectivity index is 1.42. The second-order valence-electron chi connectivity index (χ2n) is 8.16. The second-order valence-corrected chi connectivity index (χ2v) is 8.16. The number of carbonyl (C=O) groups excluding carboxylic acids is 1. The molecule has 0 saturated carbocycles. The number of aryl methyl sites for hydroxylation is 1. The number of rotatable bonds is 3. The van der Waals surface area contributed by atoms with Crippen LogP contribution in [0.15, 0.2) is 59.8 Å². The Morgan fingerprint density at radius 2 is 1.97 bits per heavy atom. The molecule has 1 fully saturated rings. The number of benzene rings is 1. The van der Waals surface area contributed by atoms with E-state index in [9.17, 15) is 9.59 Å². The van der Waals surface area contributed by atoms with Gasteiger partial charge in [0.2, 0.25) is 5.91 Å². The maximum absolute atomic E-state index is 13.0. The minimum absolute atomic E-state index is 0.0225. The zero-order valence-corrected chi connectivity index (χ0v) is 16.7. The molecule has 3 heterocycles. The second kappa shape index (κ2) is 7.48. The average Bonchev–Trinajstić information content (AvgIpc) is 3.13. The summed E-state index contributed by atoms with van der Waals surface area (Å²) in [6.07, 6.45) is 8.87. The molecular weight excluding hydrogens is 378 g/mol. The molecule has 30 heavy (non-hydrogen) atoms. The van der Waals surface area contributed by atoms with Crippen LogP contribution in [0, 0.1) is 0 Å². The first-order valence-electron chi connectivity index (χ1n) is 10.4. The SMILES string of the molecule is O=C(Cn1cccnc1=O)N1CCCC2(CCc3cnc(-c4ccccc4)nc32)C1. The number of carbonyl (C=O) groups is 1. The number of amides is 1. The molecule has 1 aliphatic heterocycles. The maximum atomic E-state index is 13.0. The average molecular weight is 401 g/mol. The van der Waals surface area contributed by atoms with Crippen LogP contribution in [0.1, 0.15) is 30.5 Å². The molecule has 1 spiro atoms. The van der Waals surface area contributed by atoms with E-state index in [-0.39, 0.29) is 17.9 Å². The fourth-order valence-electron chi connectivity index (χ4n) is 4.76. The lowest BCUT2D eigenvalue weighted by molar-refractivity contribution is -0.134. The summed E-state index contributed by atoms with van der Waals surface area (Å²) in [6.45, 7) is 1.37. The predicted octanol–water partition coefficient (Wildman–Crippen LogP) is 2.21. The Labute approximate surface area is 174 Å². The van der Waals surface area contributed by atoms with Gasteiger partial charge in [-0.05, 0) is 37.3 Å². The van der Waals surface area contributed by atoms with E-state index in [4.69, 9.17) is 4.98 Å². The number of hydrogen-bond donors (Lipinski definition) is 0. The summed E-state index contributed by atoms with van der Waals surface area (Å²) in [7, 11) is 0. The third-order valence-corrected chi connectivity index (χ3v) is 6.29. The topological polar surface area (TPSA) is 81.0 Å². The van der Waals surface area contributed by atoms with Gasteiger partial charge in [0.25, 0.3) is 0 Å². The highest BCUT2D eigenvalue weighted by atomic mass is 16.2. The monoisotopic (exact) mass is 401 g/mol. The molecule has 1 aliphatic carbocycles. The quantitative estimate of drug-likeness (QED) is 0.672.